The lowest BCUT2D eigenvalue weighted by molar-refractivity contribution is 0.668. The Morgan fingerprint density at radius 3 is 1.45 bits per heavy atom. The largest absolute Gasteiger partial charge is 0.456 e. The van der Waals surface area contributed by atoms with Crippen LogP contribution < -0.4 is 4.90 Å². The molecule has 0 aliphatic rings. The minimum atomic E-state index is 0.855. The van der Waals surface area contributed by atoms with Gasteiger partial charge in [-0.3, -0.25) is 0 Å². The fourth-order valence-electron chi connectivity index (χ4n) is 8.16. The molecule has 0 amide bonds. The number of anilines is 3. The number of benzene rings is 9. The highest BCUT2D eigenvalue weighted by Gasteiger charge is 2.20. The predicted octanol–water partition coefficient (Wildman–Crippen LogP) is 15.1. The molecule has 9 aromatic carbocycles. The third-order valence-corrected chi connectivity index (χ3v) is 10.8. The molecule has 0 N–H and O–H groups in total. The van der Waals surface area contributed by atoms with Gasteiger partial charge in [0, 0.05) is 38.3 Å². The second kappa shape index (κ2) is 12.6. The molecule has 2 aromatic heterocycles. The first-order valence-electron chi connectivity index (χ1n) is 18.7. The lowest BCUT2D eigenvalue weighted by atomic mass is 9.97. The quantitative estimate of drug-likeness (QED) is 0.173. The van der Waals surface area contributed by atoms with Crippen molar-refractivity contribution in [1.82, 2.24) is 0 Å². The second-order valence-electron chi connectivity index (χ2n) is 14.1. The predicted molar refractivity (Wildman–Crippen MR) is 229 cm³/mol. The van der Waals surface area contributed by atoms with Crippen molar-refractivity contribution in [2.24, 2.45) is 0 Å². The number of hydrogen-bond donors (Lipinski definition) is 0. The van der Waals surface area contributed by atoms with Gasteiger partial charge in [0.2, 0.25) is 0 Å². The molecular weight excluding hydrogens is 671 g/mol. The molecule has 0 saturated heterocycles. The van der Waals surface area contributed by atoms with E-state index in [-0.39, 0.29) is 0 Å². The zero-order valence-electron chi connectivity index (χ0n) is 29.8. The minimum absolute atomic E-state index is 0.855. The van der Waals surface area contributed by atoms with E-state index in [0.717, 1.165) is 83.2 Å². The van der Waals surface area contributed by atoms with E-state index in [1.807, 2.05) is 12.1 Å². The fraction of sp³-hybridized carbons (Fsp3) is 0. The normalized spacial score (nSPS) is 11.6. The summed E-state index contributed by atoms with van der Waals surface area (Å²) in [5, 5.41) is 6.75. The Morgan fingerprint density at radius 2 is 0.782 bits per heavy atom. The van der Waals surface area contributed by atoms with Crippen molar-refractivity contribution < 1.29 is 8.83 Å². The van der Waals surface area contributed by atoms with Crippen LogP contribution in [-0.4, -0.2) is 0 Å². The molecule has 11 rings (SSSR count). The van der Waals surface area contributed by atoms with Gasteiger partial charge in [-0.05, 0) is 112 Å². The Balaban J connectivity index is 1.12. The molecular formula is C52H33NO2. The molecule has 55 heavy (non-hydrogen) atoms. The Kier molecular flexibility index (Phi) is 7.17. The first-order chi connectivity index (χ1) is 27.2. The monoisotopic (exact) mass is 703 g/mol. The van der Waals surface area contributed by atoms with E-state index in [9.17, 15) is 0 Å². The van der Waals surface area contributed by atoms with Gasteiger partial charge in [-0.25, -0.2) is 0 Å². The Bertz CT molecular complexity index is 3150. The standard InChI is InChI=1S/C52H33NO2/c1-3-12-34(13-4-1)39-28-40(35-14-5-2-6-15-35)30-42(29-39)53(48-20-11-17-36-16-7-8-18-43(36)48)41-24-27-52-47(33-41)46-32-38(23-26-51(46)55-52)37-22-25-50-45(31-37)44-19-9-10-21-49(44)54-50/h1-33H. The summed E-state index contributed by atoms with van der Waals surface area (Å²) in [5.41, 5.74) is 13.7. The van der Waals surface area contributed by atoms with Crippen LogP contribution in [0.15, 0.2) is 209 Å². The number of rotatable bonds is 6. The summed E-state index contributed by atoms with van der Waals surface area (Å²) in [6.45, 7) is 0. The number of hydrogen-bond acceptors (Lipinski definition) is 3. The van der Waals surface area contributed by atoms with E-state index >= 15 is 0 Å². The van der Waals surface area contributed by atoms with Crippen LogP contribution in [0.1, 0.15) is 0 Å². The Labute approximate surface area is 317 Å². The van der Waals surface area contributed by atoms with Crippen LogP contribution >= 0.6 is 0 Å². The zero-order valence-corrected chi connectivity index (χ0v) is 29.8. The zero-order chi connectivity index (χ0) is 36.3. The van der Waals surface area contributed by atoms with Crippen LogP contribution in [0.4, 0.5) is 17.1 Å². The number of nitrogens with zero attached hydrogens (tertiary/aromatic N) is 1. The van der Waals surface area contributed by atoms with Crippen LogP contribution in [0.2, 0.25) is 0 Å². The van der Waals surface area contributed by atoms with Crippen LogP contribution in [0, 0.1) is 0 Å². The molecule has 0 radical (unpaired) electrons. The Morgan fingerprint density at radius 1 is 0.273 bits per heavy atom. The van der Waals surface area contributed by atoms with E-state index in [0.29, 0.717) is 0 Å². The average molecular weight is 704 g/mol. The van der Waals surface area contributed by atoms with Crippen LogP contribution in [0.25, 0.3) is 88.0 Å². The van der Waals surface area contributed by atoms with Gasteiger partial charge in [0.15, 0.2) is 0 Å². The first-order valence-corrected chi connectivity index (χ1v) is 18.7. The van der Waals surface area contributed by atoms with Crippen molar-refractivity contribution in [2.45, 2.75) is 0 Å². The van der Waals surface area contributed by atoms with Gasteiger partial charge in [0.1, 0.15) is 22.3 Å². The minimum Gasteiger partial charge on any atom is -0.456 e. The van der Waals surface area contributed by atoms with Gasteiger partial charge in [-0.15, -0.1) is 0 Å². The summed E-state index contributed by atoms with van der Waals surface area (Å²) in [6.07, 6.45) is 0. The molecule has 0 atom stereocenters. The smallest absolute Gasteiger partial charge is 0.135 e. The highest BCUT2D eigenvalue weighted by atomic mass is 16.3. The summed E-state index contributed by atoms with van der Waals surface area (Å²) >= 11 is 0. The Hall–Kier alpha value is -7.36. The summed E-state index contributed by atoms with van der Waals surface area (Å²) in [6, 6.07) is 71.2. The molecule has 0 fully saturated rings. The number of furan rings is 2. The molecule has 0 unspecified atom stereocenters. The first kappa shape index (κ1) is 31.2. The average Bonchev–Trinajstić information content (AvgIpc) is 3.82. The lowest BCUT2D eigenvalue weighted by Gasteiger charge is -2.28. The van der Waals surface area contributed by atoms with Crippen molar-refractivity contribution in [3.63, 3.8) is 0 Å². The molecule has 3 heteroatoms. The molecule has 2 heterocycles. The highest BCUT2D eigenvalue weighted by Crippen LogP contribution is 2.44. The summed E-state index contributed by atoms with van der Waals surface area (Å²) in [5.74, 6) is 0. The van der Waals surface area contributed by atoms with Crippen molar-refractivity contribution in [2.75, 3.05) is 4.90 Å². The number of para-hydroxylation sites is 1. The molecule has 0 spiro atoms. The highest BCUT2D eigenvalue weighted by molar-refractivity contribution is 6.10. The van der Waals surface area contributed by atoms with E-state index in [1.165, 1.54) is 21.9 Å². The molecule has 11 aromatic rings. The van der Waals surface area contributed by atoms with Crippen molar-refractivity contribution in [3.8, 4) is 33.4 Å². The number of fused-ring (bicyclic) bond motifs is 7. The van der Waals surface area contributed by atoms with Gasteiger partial charge in [0.05, 0.1) is 5.69 Å². The van der Waals surface area contributed by atoms with E-state index in [1.54, 1.807) is 0 Å². The van der Waals surface area contributed by atoms with Crippen molar-refractivity contribution >= 4 is 71.7 Å². The lowest BCUT2D eigenvalue weighted by Crippen LogP contribution is -2.11. The van der Waals surface area contributed by atoms with E-state index in [2.05, 4.69) is 193 Å². The van der Waals surface area contributed by atoms with Crippen molar-refractivity contribution in [3.05, 3.63) is 200 Å². The molecule has 3 nitrogen and oxygen atoms in total. The third kappa shape index (κ3) is 5.36. The van der Waals surface area contributed by atoms with Gasteiger partial charge >= 0.3 is 0 Å². The second-order valence-corrected chi connectivity index (χ2v) is 14.1. The maximum absolute atomic E-state index is 6.50. The van der Waals surface area contributed by atoms with Crippen LogP contribution in [0.3, 0.4) is 0 Å². The third-order valence-electron chi connectivity index (χ3n) is 10.8. The van der Waals surface area contributed by atoms with Crippen molar-refractivity contribution in [1.29, 1.82) is 0 Å². The van der Waals surface area contributed by atoms with E-state index < -0.39 is 0 Å². The SMILES string of the molecule is c1ccc(-c2cc(-c3ccccc3)cc(N(c3ccc4oc5ccc(-c6ccc7oc8ccccc8c7c6)cc5c4c3)c3cccc4ccccc34)c2)cc1. The molecule has 0 aliphatic carbocycles. The fourth-order valence-corrected chi connectivity index (χ4v) is 8.16. The maximum Gasteiger partial charge on any atom is 0.135 e. The van der Waals surface area contributed by atoms with Gasteiger partial charge in [-0.1, -0.05) is 127 Å². The van der Waals surface area contributed by atoms with Gasteiger partial charge < -0.3 is 13.7 Å². The van der Waals surface area contributed by atoms with Crippen LogP contribution in [0.5, 0.6) is 0 Å². The summed E-state index contributed by atoms with van der Waals surface area (Å²) in [7, 11) is 0. The molecule has 0 bridgehead atoms. The topological polar surface area (TPSA) is 29.5 Å². The van der Waals surface area contributed by atoms with Gasteiger partial charge in [0.25, 0.3) is 0 Å². The molecule has 0 aliphatic heterocycles. The summed E-state index contributed by atoms with van der Waals surface area (Å²) in [4.78, 5) is 2.40. The molecule has 258 valence electrons. The van der Waals surface area contributed by atoms with Gasteiger partial charge in [-0.2, -0.15) is 0 Å². The maximum atomic E-state index is 6.50. The van der Waals surface area contributed by atoms with Crippen LogP contribution in [-0.2, 0) is 0 Å². The summed E-state index contributed by atoms with van der Waals surface area (Å²) < 4.78 is 12.6. The van der Waals surface area contributed by atoms with E-state index in [4.69, 9.17) is 8.83 Å². The molecule has 0 saturated carbocycles.